The minimum Gasteiger partial charge on any atom is -0.331 e. The van der Waals surface area contributed by atoms with E-state index < -0.39 is 11.6 Å². The number of carbonyl (C=O) groups excluding carboxylic acids is 1. The van der Waals surface area contributed by atoms with Gasteiger partial charge >= 0.3 is 0 Å². The van der Waals surface area contributed by atoms with Gasteiger partial charge in [0, 0.05) is 56.7 Å². The highest BCUT2D eigenvalue weighted by Crippen LogP contribution is 2.31. The molecule has 7 heteroatoms. The molecule has 0 aliphatic carbocycles. The lowest BCUT2D eigenvalue weighted by molar-refractivity contribution is -0.130. The number of alkyl halides is 1. The predicted molar refractivity (Wildman–Crippen MR) is 126 cm³/mol. The largest absolute Gasteiger partial charge is 0.331 e. The highest BCUT2D eigenvalue weighted by atomic mass is 19.1. The van der Waals surface area contributed by atoms with Crippen LogP contribution in [0.25, 0.3) is 22.0 Å². The molecule has 1 aromatic carbocycles. The number of hydrogen-bond donors (Lipinski definition) is 1. The zero-order valence-electron chi connectivity index (χ0n) is 19.6. The number of nitrogens with one attached hydrogen (secondary N) is 1. The lowest BCUT2D eigenvalue weighted by Crippen LogP contribution is -2.50. The maximum atomic E-state index is 15.4. The predicted octanol–water partition coefficient (Wildman–Crippen LogP) is 4.73. The van der Waals surface area contributed by atoms with Crippen molar-refractivity contribution in [2.45, 2.75) is 46.2 Å². The Morgan fingerprint density at radius 1 is 1.12 bits per heavy atom. The molecule has 1 N–H and O–H groups in total. The summed E-state index contributed by atoms with van der Waals surface area (Å²) in [4.78, 5) is 23.7. The van der Waals surface area contributed by atoms with Crippen LogP contribution in [0.3, 0.4) is 0 Å². The van der Waals surface area contributed by atoms with Gasteiger partial charge in [0.15, 0.2) is 5.67 Å². The molecular formula is C25H32FN5O. The molecule has 2 aromatic heterocycles. The monoisotopic (exact) mass is 437 g/mol. The maximum absolute atomic E-state index is 15.4. The van der Waals surface area contributed by atoms with Crippen molar-refractivity contribution in [1.82, 2.24) is 19.4 Å². The SMILES string of the molecule is Cc1ncc(-c2ccc3cnc(NC(=O)C4(F)CCN(CC(C)(C)C)CC4)cc3c2)n1C. The molecule has 0 unspecified atom stereocenters. The summed E-state index contributed by atoms with van der Waals surface area (Å²) in [7, 11) is 1.98. The van der Waals surface area contributed by atoms with Gasteiger partial charge in [0.05, 0.1) is 11.9 Å². The first-order chi connectivity index (χ1) is 15.0. The van der Waals surface area contributed by atoms with Crippen LogP contribution in [0.4, 0.5) is 10.2 Å². The second kappa shape index (κ2) is 8.28. The standard InChI is InChI=1S/C25H32FN5O/c1-17-27-15-21(30(17)5)18-6-7-19-14-28-22(13-20(19)12-18)29-23(32)25(26)8-10-31(11-9-25)16-24(2,3)4/h6-7,12-15H,8-11,16H2,1-5H3,(H,28,29,32). The van der Waals surface area contributed by atoms with E-state index in [0.29, 0.717) is 18.9 Å². The summed E-state index contributed by atoms with van der Waals surface area (Å²) >= 11 is 0. The average Bonchev–Trinajstić information content (AvgIpc) is 3.07. The fourth-order valence-corrected chi connectivity index (χ4v) is 4.33. The number of carbonyl (C=O) groups is 1. The number of benzene rings is 1. The first kappa shape index (κ1) is 22.4. The number of imidazole rings is 1. The minimum atomic E-state index is -1.86. The second-order valence-electron chi connectivity index (χ2n) is 10.1. The fourth-order valence-electron chi connectivity index (χ4n) is 4.33. The van der Waals surface area contributed by atoms with Crippen LogP contribution in [0.1, 0.15) is 39.4 Å². The third kappa shape index (κ3) is 4.67. The van der Waals surface area contributed by atoms with Gasteiger partial charge in [-0.2, -0.15) is 0 Å². The molecule has 1 amide bonds. The normalized spacial score (nSPS) is 16.9. The zero-order chi connectivity index (χ0) is 23.1. The van der Waals surface area contributed by atoms with Gasteiger partial charge in [-0.25, -0.2) is 14.4 Å². The number of aromatic nitrogens is 3. The Balaban J connectivity index is 1.49. The summed E-state index contributed by atoms with van der Waals surface area (Å²) in [6.07, 6.45) is 3.96. The van der Waals surface area contributed by atoms with Crippen LogP contribution in [-0.2, 0) is 11.8 Å². The van der Waals surface area contributed by atoms with Gasteiger partial charge in [0.2, 0.25) is 0 Å². The van der Waals surface area contributed by atoms with Gasteiger partial charge in [-0.1, -0.05) is 32.9 Å². The summed E-state index contributed by atoms with van der Waals surface area (Å²) in [5.41, 5.74) is 0.327. The Morgan fingerprint density at radius 2 is 1.84 bits per heavy atom. The molecule has 0 saturated carbocycles. The highest BCUT2D eigenvalue weighted by Gasteiger charge is 2.42. The summed E-state index contributed by atoms with van der Waals surface area (Å²) < 4.78 is 17.5. The third-order valence-electron chi connectivity index (χ3n) is 6.23. The zero-order valence-corrected chi connectivity index (χ0v) is 19.6. The number of hydrogen-bond acceptors (Lipinski definition) is 4. The molecule has 1 aliphatic rings. The lowest BCUT2D eigenvalue weighted by atomic mass is 9.89. The van der Waals surface area contributed by atoms with Gasteiger partial charge in [0.25, 0.3) is 5.91 Å². The van der Waals surface area contributed by atoms with Crippen molar-refractivity contribution < 1.29 is 9.18 Å². The van der Waals surface area contributed by atoms with Crippen molar-refractivity contribution >= 4 is 22.5 Å². The molecule has 6 nitrogen and oxygen atoms in total. The first-order valence-corrected chi connectivity index (χ1v) is 11.2. The van der Waals surface area contributed by atoms with E-state index in [9.17, 15) is 4.79 Å². The van der Waals surface area contributed by atoms with E-state index in [2.05, 4.69) is 41.0 Å². The molecule has 32 heavy (non-hydrogen) atoms. The summed E-state index contributed by atoms with van der Waals surface area (Å²) in [6, 6.07) is 7.87. The average molecular weight is 438 g/mol. The van der Waals surface area contributed by atoms with Crippen molar-refractivity contribution in [3.63, 3.8) is 0 Å². The number of nitrogens with zero attached hydrogens (tertiary/aromatic N) is 4. The van der Waals surface area contributed by atoms with Crippen LogP contribution < -0.4 is 5.32 Å². The second-order valence-corrected chi connectivity index (χ2v) is 10.1. The Morgan fingerprint density at radius 3 is 2.47 bits per heavy atom. The van der Waals surface area contributed by atoms with E-state index in [1.54, 1.807) is 12.3 Å². The van der Waals surface area contributed by atoms with Gasteiger partial charge in [-0.3, -0.25) is 4.79 Å². The van der Waals surface area contributed by atoms with Crippen LogP contribution in [0.2, 0.25) is 0 Å². The van der Waals surface area contributed by atoms with Crippen LogP contribution in [0, 0.1) is 12.3 Å². The van der Waals surface area contributed by atoms with Crippen molar-refractivity contribution in [2.75, 3.05) is 25.0 Å². The first-order valence-electron chi connectivity index (χ1n) is 11.2. The number of piperidine rings is 1. The van der Waals surface area contributed by atoms with Gasteiger partial charge in [-0.15, -0.1) is 0 Å². The van der Waals surface area contributed by atoms with Gasteiger partial charge in [-0.05, 0) is 29.9 Å². The number of fused-ring (bicyclic) bond motifs is 1. The third-order valence-corrected chi connectivity index (χ3v) is 6.23. The molecular weight excluding hydrogens is 405 g/mol. The molecule has 0 atom stereocenters. The number of halogens is 1. The topological polar surface area (TPSA) is 63.1 Å². The number of anilines is 1. The Bertz CT molecular complexity index is 1140. The van der Waals surface area contributed by atoms with Crippen LogP contribution in [-0.4, -0.2) is 50.6 Å². The van der Waals surface area contributed by atoms with E-state index in [1.807, 2.05) is 42.9 Å². The molecule has 4 rings (SSSR count). The van der Waals surface area contributed by atoms with Crippen LogP contribution in [0.15, 0.2) is 36.7 Å². The Hall–Kier alpha value is -2.80. The Kier molecular flexibility index (Phi) is 5.79. The molecule has 0 bridgehead atoms. The number of amides is 1. The van der Waals surface area contributed by atoms with Crippen molar-refractivity contribution in [1.29, 1.82) is 0 Å². The lowest BCUT2D eigenvalue weighted by Gasteiger charge is -2.38. The van der Waals surface area contributed by atoms with Gasteiger partial charge < -0.3 is 14.8 Å². The molecule has 1 saturated heterocycles. The number of aryl methyl sites for hydroxylation is 1. The number of likely N-dealkylation sites (tertiary alicyclic amines) is 1. The summed E-state index contributed by atoms with van der Waals surface area (Å²) in [5, 5.41) is 4.61. The number of rotatable bonds is 4. The van der Waals surface area contributed by atoms with E-state index in [-0.39, 0.29) is 18.3 Å². The quantitative estimate of drug-likeness (QED) is 0.641. The molecule has 1 fully saturated rings. The molecule has 0 radical (unpaired) electrons. The van der Waals surface area contributed by atoms with Crippen molar-refractivity contribution in [3.05, 3.63) is 42.5 Å². The highest BCUT2D eigenvalue weighted by molar-refractivity contribution is 5.98. The molecule has 170 valence electrons. The van der Waals surface area contributed by atoms with Crippen molar-refractivity contribution in [3.8, 4) is 11.3 Å². The Labute approximate surface area is 188 Å². The van der Waals surface area contributed by atoms with Crippen LogP contribution >= 0.6 is 0 Å². The summed E-state index contributed by atoms with van der Waals surface area (Å²) in [5.74, 6) is 0.706. The van der Waals surface area contributed by atoms with Gasteiger partial charge in [0.1, 0.15) is 11.6 Å². The smallest absolute Gasteiger partial charge is 0.263 e. The molecule has 3 aromatic rings. The fraction of sp³-hybridized carbons (Fsp3) is 0.480. The molecule has 3 heterocycles. The van der Waals surface area contributed by atoms with E-state index in [4.69, 9.17) is 0 Å². The maximum Gasteiger partial charge on any atom is 0.263 e. The van der Waals surface area contributed by atoms with E-state index in [0.717, 1.165) is 34.4 Å². The van der Waals surface area contributed by atoms with E-state index >= 15 is 4.39 Å². The number of pyridine rings is 1. The van der Waals surface area contributed by atoms with Crippen molar-refractivity contribution in [2.24, 2.45) is 12.5 Å². The van der Waals surface area contributed by atoms with Crippen LogP contribution in [0.5, 0.6) is 0 Å². The summed E-state index contributed by atoms with van der Waals surface area (Å²) in [6.45, 7) is 10.5. The minimum absolute atomic E-state index is 0.153. The van der Waals surface area contributed by atoms with E-state index in [1.165, 1.54) is 0 Å². The molecule has 1 aliphatic heterocycles. The molecule has 0 spiro atoms.